The number of hydrogen-bond donors (Lipinski definition) is 1. The van der Waals surface area contributed by atoms with Crippen LogP contribution in [0, 0.1) is 5.82 Å². The zero-order valence-electron chi connectivity index (χ0n) is 10.7. The fourth-order valence-corrected chi connectivity index (χ4v) is 2.62. The van der Waals surface area contributed by atoms with E-state index in [1.165, 1.54) is 17.4 Å². The third-order valence-electron chi connectivity index (χ3n) is 3.02. The number of rotatable bonds is 4. The molecule has 0 amide bonds. The highest BCUT2D eigenvalue weighted by atomic mass is 32.1. The maximum Gasteiger partial charge on any atom is 0.416 e. The minimum Gasteiger partial charge on any atom is -0.306 e. The van der Waals surface area contributed by atoms with Gasteiger partial charge in [0.1, 0.15) is 5.82 Å². The Hall–Kier alpha value is -1.40. The fraction of sp³-hybridized carbons (Fsp3) is 0.286. The lowest BCUT2D eigenvalue weighted by molar-refractivity contribution is -0.138. The van der Waals surface area contributed by atoms with Crippen molar-refractivity contribution < 1.29 is 17.6 Å². The van der Waals surface area contributed by atoms with E-state index in [0.717, 1.165) is 11.6 Å². The van der Waals surface area contributed by atoms with Gasteiger partial charge in [-0.05, 0) is 47.0 Å². The zero-order valence-corrected chi connectivity index (χ0v) is 11.5. The quantitative estimate of drug-likeness (QED) is 0.803. The van der Waals surface area contributed by atoms with Crippen LogP contribution in [0.15, 0.2) is 35.0 Å². The van der Waals surface area contributed by atoms with E-state index in [-0.39, 0.29) is 18.2 Å². The molecular weight excluding hydrogens is 290 g/mol. The van der Waals surface area contributed by atoms with Gasteiger partial charge in [-0.15, -0.1) is 0 Å². The van der Waals surface area contributed by atoms with E-state index in [9.17, 15) is 17.6 Å². The third kappa shape index (κ3) is 3.58. The Labute approximate surface area is 118 Å². The van der Waals surface area contributed by atoms with Crippen molar-refractivity contribution in [1.29, 1.82) is 0 Å². The smallest absolute Gasteiger partial charge is 0.306 e. The lowest BCUT2D eigenvalue weighted by atomic mass is 10.1. The van der Waals surface area contributed by atoms with Gasteiger partial charge in [0, 0.05) is 12.6 Å². The van der Waals surface area contributed by atoms with Crippen LogP contribution in [0.4, 0.5) is 17.6 Å². The standard InChI is InChI=1S/C14H13F4NS/c1-9(11-4-5-20-8-11)19-7-10-2-3-12(15)6-13(10)14(16,17)18/h2-6,8-9,19H,7H2,1H3. The Morgan fingerprint density at radius 2 is 2.00 bits per heavy atom. The first-order valence-corrected chi connectivity index (χ1v) is 6.93. The molecule has 108 valence electrons. The summed E-state index contributed by atoms with van der Waals surface area (Å²) >= 11 is 1.53. The van der Waals surface area contributed by atoms with E-state index in [2.05, 4.69) is 5.32 Å². The summed E-state index contributed by atoms with van der Waals surface area (Å²) < 4.78 is 51.5. The fourth-order valence-electron chi connectivity index (χ4n) is 1.87. The maximum atomic E-state index is 13.0. The average Bonchev–Trinajstić information content (AvgIpc) is 2.89. The molecule has 0 aliphatic heterocycles. The molecule has 0 saturated heterocycles. The summed E-state index contributed by atoms with van der Waals surface area (Å²) in [7, 11) is 0. The van der Waals surface area contributed by atoms with Crippen molar-refractivity contribution in [3.8, 4) is 0 Å². The summed E-state index contributed by atoms with van der Waals surface area (Å²) in [5, 5.41) is 6.86. The highest BCUT2D eigenvalue weighted by Crippen LogP contribution is 2.32. The SMILES string of the molecule is CC(NCc1ccc(F)cc1C(F)(F)F)c1ccsc1. The van der Waals surface area contributed by atoms with Crippen molar-refractivity contribution in [2.45, 2.75) is 25.7 Å². The molecule has 0 radical (unpaired) electrons. The van der Waals surface area contributed by atoms with Crippen molar-refractivity contribution in [3.63, 3.8) is 0 Å². The van der Waals surface area contributed by atoms with Crippen molar-refractivity contribution in [1.82, 2.24) is 5.32 Å². The predicted octanol–water partition coefficient (Wildman–Crippen LogP) is 4.76. The van der Waals surface area contributed by atoms with Gasteiger partial charge in [-0.2, -0.15) is 24.5 Å². The minimum absolute atomic E-state index is 0.0339. The molecular formula is C14H13F4NS. The topological polar surface area (TPSA) is 12.0 Å². The first-order chi connectivity index (χ1) is 9.38. The Bertz CT molecular complexity index is 563. The highest BCUT2D eigenvalue weighted by Gasteiger charge is 2.33. The van der Waals surface area contributed by atoms with Gasteiger partial charge < -0.3 is 5.32 Å². The summed E-state index contributed by atoms with van der Waals surface area (Å²) in [5.74, 6) is -0.882. The van der Waals surface area contributed by atoms with Gasteiger partial charge in [-0.1, -0.05) is 6.07 Å². The van der Waals surface area contributed by atoms with Gasteiger partial charge in [0.2, 0.25) is 0 Å². The first-order valence-electron chi connectivity index (χ1n) is 5.99. The van der Waals surface area contributed by atoms with Gasteiger partial charge in [0.25, 0.3) is 0 Å². The van der Waals surface area contributed by atoms with Gasteiger partial charge in [-0.3, -0.25) is 0 Å². The van der Waals surface area contributed by atoms with Crippen LogP contribution in [0.5, 0.6) is 0 Å². The monoisotopic (exact) mass is 303 g/mol. The maximum absolute atomic E-state index is 13.0. The van der Waals surface area contributed by atoms with Crippen LogP contribution in [0.1, 0.15) is 29.7 Å². The van der Waals surface area contributed by atoms with Gasteiger partial charge >= 0.3 is 6.18 Å². The molecule has 0 aliphatic rings. The van der Waals surface area contributed by atoms with Crippen molar-refractivity contribution >= 4 is 11.3 Å². The van der Waals surface area contributed by atoms with Crippen LogP contribution in [-0.4, -0.2) is 0 Å². The van der Waals surface area contributed by atoms with E-state index < -0.39 is 17.6 Å². The van der Waals surface area contributed by atoms with Crippen molar-refractivity contribution in [2.24, 2.45) is 0 Å². The average molecular weight is 303 g/mol. The molecule has 1 nitrogen and oxygen atoms in total. The van der Waals surface area contributed by atoms with Crippen molar-refractivity contribution in [3.05, 3.63) is 57.5 Å². The molecule has 0 aliphatic carbocycles. The molecule has 0 fully saturated rings. The molecule has 2 aromatic rings. The summed E-state index contributed by atoms with van der Waals surface area (Å²) in [6.45, 7) is 1.91. The second kappa shape index (κ2) is 5.93. The van der Waals surface area contributed by atoms with Gasteiger partial charge in [0.05, 0.1) is 5.56 Å². The van der Waals surface area contributed by atoms with Gasteiger partial charge in [-0.25, -0.2) is 4.39 Å². The van der Waals surface area contributed by atoms with E-state index in [4.69, 9.17) is 0 Å². The lowest BCUT2D eigenvalue weighted by Crippen LogP contribution is -2.20. The number of thiophene rings is 1. The number of nitrogens with one attached hydrogen (secondary N) is 1. The molecule has 1 heterocycles. The predicted molar refractivity (Wildman–Crippen MR) is 71.0 cm³/mol. The molecule has 1 N–H and O–H groups in total. The zero-order chi connectivity index (χ0) is 14.8. The molecule has 0 saturated carbocycles. The molecule has 1 atom stereocenters. The molecule has 0 spiro atoms. The molecule has 1 aromatic carbocycles. The lowest BCUT2D eigenvalue weighted by Gasteiger charge is -2.16. The van der Waals surface area contributed by atoms with E-state index in [1.807, 2.05) is 23.8 Å². The normalized spacial score (nSPS) is 13.4. The van der Waals surface area contributed by atoms with E-state index in [0.29, 0.717) is 6.07 Å². The second-order valence-electron chi connectivity index (χ2n) is 4.46. The summed E-state index contributed by atoms with van der Waals surface area (Å²) in [4.78, 5) is 0. The Balaban J connectivity index is 2.13. The first kappa shape index (κ1) is 15.0. The number of benzene rings is 1. The summed E-state index contributed by atoms with van der Waals surface area (Å²) in [6.07, 6.45) is -4.55. The molecule has 6 heteroatoms. The van der Waals surface area contributed by atoms with Crippen LogP contribution in [0.25, 0.3) is 0 Å². The number of halogens is 4. The molecule has 20 heavy (non-hydrogen) atoms. The molecule has 0 bridgehead atoms. The van der Waals surface area contributed by atoms with Crippen LogP contribution in [-0.2, 0) is 12.7 Å². The summed E-state index contributed by atoms with van der Waals surface area (Å²) in [5.41, 5.74) is 0.133. The van der Waals surface area contributed by atoms with E-state index >= 15 is 0 Å². The van der Waals surface area contributed by atoms with Crippen LogP contribution in [0.2, 0.25) is 0 Å². The Morgan fingerprint density at radius 1 is 1.25 bits per heavy atom. The van der Waals surface area contributed by atoms with Crippen LogP contribution >= 0.6 is 11.3 Å². The third-order valence-corrected chi connectivity index (χ3v) is 3.72. The largest absolute Gasteiger partial charge is 0.416 e. The van der Waals surface area contributed by atoms with E-state index in [1.54, 1.807) is 0 Å². The Morgan fingerprint density at radius 3 is 2.60 bits per heavy atom. The summed E-state index contributed by atoms with van der Waals surface area (Å²) in [6, 6.07) is 4.60. The molecule has 1 aromatic heterocycles. The highest BCUT2D eigenvalue weighted by molar-refractivity contribution is 7.07. The number of alkyl halides is 3. The number of hydrogen-bond acceptors (Lipinski definition) is 2. The second-order valence-corrected chi connectivity index (χ2v) is 5.24. The van der Waals surface area contributed by atoms with Gasteiger partial charge in [0.15, 0.2) is 0 Å². The van der Waals surface area contributed by atoms with Crippen molar-refractivity contribution in [2.75, 3.05) is 0 Å². The molecule has 1 unspecified atom stereocenters. The van der Waals surface area contributed by atoms with Crippen LogP contribution in [0.3, 0.4) is 0 Å². The Kier molecular flexibility index (Phi) is 4.45. The van der Waals surface area contributed by atoms with Crippen LogP contribution < -0.4 is 5.32 Å². The molecule has 2 rings (SSSR count). The minimum atomic E-state index is -4.55.